The van der Waals surface area contributed by atoms with E-state index >= 15 is 0 Å². The molecule has 1 N–H and O–H groups in total. The van der Waals surface area contributed by atoms with Crippen molar-refractivity contribution in [3.63, 3.8) is 0 Å². The number of aliphatic hydroxyl groups excluding tert-OH is 1. The summed E-state index contributed by atoms with van der Waals surface area (Å²) in [6.07, 6.45) is 3.05. The second-order valence-corrected chi connectivity index (χ2v) is 5.15. The van der Waals surface area contributed by atoms with Crippen molar-refractivity contribution in [2.45, 2.75) is 30.7 Å². The van der Waals surface area contributed by atoms with Crippen LogP contribution >= 0.6 is 0 Å². The molecule has 0 aromatic rings. The maximum absolute atomic E-state index is 10.3. The van der Waals surface area contributed by atoms with Gasteiger partial charge in [0.1, 0.15) is 24.4 Å². The first kappa shape index (κ1) is 20.8. The molecule has 0 aliphatic carbocycles. The molecule has 0 amide bonds. The van der Waals surface area contributed by atoms with Crippen LogP contribution in [0.1, 0.15) is 0 Å². The average Bonchev–Trinajstić information content (AvgIpc) is 2.58. The molecule has 6 heteroatoms. The second kappa shape index (κ2) is 12.1. The SMILES string of the molecule is C=CCOC[C@H]1O[C@H](O)[C@H](OCC=C)[C@@H](OCC=C)[C@@H]1OCC=C. The minimum absolute atomic E-state index is 0.229. The molecular formula is C18H28O6. The Labute approximate surface area is 144 Å². The summed E-state index contributed by atoms with van der Waals surface area (Å²) in [5.41, 5.74) is 0. The van der Waals surface area contributed by atoms with Crippen LogP contribution in [0, 0.1) is 0 Å². The highest BCUT2D eigenvalue weighted by Crippen LogP contribution is 2.27. The number of aliphatic hydroxyl groups is 1. The van der Waals surface area contributed by atoms with E-state index in [1.807, 2.05) is 0 Å². The van der Waals surface area contributed by atoms with Crippen LogP contribution in [0.2, 0.25) is 0 Å². The van der Waals surface area contributed by atoms with Crippen molar-refractivity contribution < 1.29 is 28.8 Å². The molecule has 0 unspecified atom stereocenters. The minimum atomic E-state index is -1.17. The molecule has 6 nitrogen and oxygen atoms in total. The van der Waals surface area contributed by atoms with Gasteiger partial charge >= 0.3 is 0 Å². The minimum Gasteiger partial charge on any atom is -0.375 e. The number of hydrogen-bond acceptors (Lipinski definition) is 6. The van der Waals surface area contributed by atoms with Gasteiger partial charge in [0.05, 0.1) is 33.0 Å². The summed E-state index contributed by atoms with van der Waals surface area (Å²) < 4.78 is 28.3. The van der Waals surface area contributed by atoms with E-state index in [1.165, 1.54) is 0 Å². The first-order chi connectivity index (χ1) is 11.7. The number of rotatable bonds is 13. The molecule has 5 atom stereocenters. The van der Waals surface area contributed by atoms with Crippen molar-refractivity contribution in [2.75, 3.05) is 33.0 Å². The highest BCUT2D eigenvalue weighted by Gasteiger charge is 2.47. The fourth-order valence-corrected chi connectivity index (χ4v) is 2.40. The van der Waals surface area contributed by atoms with Gasteiger partial charge in [-0.3, -0.25) is 0 Å². The largest absolute Gasteiger partial charge is 0.375 e. The van der Waals surface area contributed by atoms with Gasteiger partial charge in [0, 0.05) is 0 Å². The Balaban J connectivity index is 2.92. The summed E-state index contributed by atoms with van der Waals surface area (Å²) in [5.74, 6) is 0. The van der Waals surface area contributed by atoms with Crippen LogP contribution < -0.4 is 0 Å². The predicted octanol–water partition coefficient (Wildman–Crippen LogP) is 1.62. The molecule has 0 spiro atoms. The van der Waals surface area contributed by atoms with Gasteiger partial charge in [-0.25, -0.2) is 0 Å². The molecule has 1 heterocycles. The third-order valence-corrected chi connectivity index (χ3v) is 3.35. The highest BCUT2D eigenvalue weighted by molar-refractivity contribution is 4.94. The van der Waals surface area contributed by atoms with E-state index in [0.29, 0.717) is 19.8 Å². The average molecular weight is 340 g/mol. The van der Waals surface area contributed by atoms with E-state index in [-0.39, 0.29) is 13.2 Å². The Morgan fingerprint density at radius 2 is 1.25 bits per heavy atom. The Kier molecular flexibility index (Phi) is 10.5. The third kappa shape index (κ3) is 6.32. The van der Waals surface area contributed by atoms with Gasteiger partial charge in [-0.1, -0.05) is 24.3 Å². The Morgan fingerprint density at radius 1 is 0.750 bits per heavy atom. The van der Waals surface area contributed by atoms with E-state index in [9.17, 15) is 5.11 Å². The van der Waals surface area contributed by atoms with Gasteiger partial charge in [-0.2, -0.15) is 0 Å². The van der Waals surface area contributed by atoms with Crippen LogP contribution in [0.15, 0.2) is 50.6 Å². The summed E-state index contributed by atoms with van der Waals surface area (Å²) in [5, 5.41) is 10.3. The molecule has 1 rings (SSSR count). The van der Waals surface area contributed by atoms with Crippen molar-refractivity contribution in [3.05, 3.63) is 50.6 Å². The predicted molar refractivity (Wildman–Crippen MR) is 91.7 cm³/mol. The number of ether oxygens (including phenoxy) is 5. The number of hydrogen-bond donors (Lipinski definition) is 1. The van der Waals surface area contributed by atoms with Gasteiger partial charge in [-0.15, -0.1) is 26.3 Å². The Morgan fingerprint density at radius 3 is 1.79 bits per heavy atom. The summed E-state index contributed by atoms with van der Waals surface area (Å²) in [6.45, 7) is 16.0. The Bertz CT molecular complexity index is 397. The molecule has 0 aromatic heterocycles. The fourth-order valence-electron chi connectivity index (χ4n) is 2.40. The molecule has 0 radical (unpaired) electrons. The van der Waals surface area contributed by atoms with Crippen LogP contribution in [0.5, 0.6) is 0 Å². The van der Waals surface area contributed by atoms with Gasteiger partial charge in [0.15, 0.2) is 6.29 Å². The quantitative estimate of drug-likeness (QED) is 0.406. The van der Waals surface area contributed by atoms with Crippen molar-refractivity contribution in [1.82, 2.24) is 0 Å². The smallest absolute Gasteiger partial charge is 0.184 e. The van der Waals surface area contributed by atoms with Gasteiger partial charge in [0.25, 0.3) is 0 Å². The molecule has 1 aliphatic rings. The van der Waals surface area contributed by atoms with Crippen LogP contribution in [-0.2, 0) is 23.7 Å². The van der Waals surface area contributed by atoms with Crippen LogP contribution in [0.4, 0.5) is 0 Å². The molecular weight excluding hydrogens is 312 g/mol. The second-order valence-electron chi connectivity index (χ2n) is 5.15. The van der Waals surface area contributed by atoms with Crippen molar-refractivity contribution >= 4 is 0 Å². The maximum Gasteiger partial charge on any atom is 0.184 e. The molecule has 136 valence electrons. The monoisotopic (exact) mass is 340 g/mol. The first-order valence-corrected chi connectivity index (χ1v) is 7.89. The van der Waals surface area contributed by atoms with Gasteiger partial charge in [-0.05, 0) is 0 Å². The van der Waals surface area contributed by atoms with E-state index in [1.54, 1.807) is 24.3 Å². The van der Waals surface area contributed by atoms with Crippen molar-refractivity contribution in [3.8, 4) is 0 Å². The highest BCUT2D eigenvalue weighted by atomic mass is 16.7. The Hall–Kier alpha value is -1.28. The third-order valence-electron chi connectivity index (χ3n) is 3.35. The standard InChI is InChI=1S/C18H28O6/c1-5-9-20-13-14-15(21-10-6-2)16(22-11-7-3)17(18(19)24-14)23-12-8-4/h5-8,14-19H,1-4,9-13H2/t14-,15-,16+,17-,18+/m1/s1. The topological polar surface area (TPSA) is 66.4 Å². The normalized spacial score (nSPS) is 29.8. The molecule has 0 aromatic carbocycles. The molecule has 0 bridgehead atoms. The van der Waals surface area contributed by atoms with Crippen LogP contribution in [-0.4, -0.2) is 68.8 Å². The van der Waals surface area contributed by atoms with Crippen LogP contribution in [0.3, 0.4) is 0 Å². The van der Waals surface area contributed by atoms with Crippen molar-refractivity contribution in [1.29, 1.82) is 0 Å². The van der Waals surface area contributed by atoms with Gasteiger partial charge in [0.2, 0.25) is 0 Å². The zero-order valence-corrected chi connectivity index (χ0v) is 14.0. The molecule has 1 aliphatic heterocycles. The first-order valence-electron chi connectivity index (χ1n) is 7.89. The lowest BCUT2D eigenvalue weighted by Gasteiger charge is -2.44. The summed E-state index contributed by atoms with van der Waals surface area (Å²) in [6, 6.07) is 0. The molecule has 1 saturated heterocycles. The lowest BCUT2D eigenvalue weighted by atomic mass is 9.98. The summed E-state index contributed by atoms with van der Waals surface area (Å²) in [7, 11) is 0. The van der Waals surface area contributed by atoms with E-state index < -0.39 is 30.7 Å². The van der Waals surface area contributed by atoms with Crippen LogP contribution in [0.25, 0.3) is 0 Å². The molecule has 24 heavy (non-hydrogen) atoms. The van der Waals surface area contributed by atoms with E-state index in [0.717, 1.165) is 0 Å². The lowest BCUT2D eigenvalue weighted by Crippen LogP contribution is -2.61. The molecule has 1 fully saturated rings. The van der Waals surface area contributed by atoms with E-state index in [4.69, 9.17) is 23.7 Å². The summed E-state index contributed by atoms with van der Waals surface area (Å²) >= 11 is 0. The summed E-state index contributed by atoms with van der Waals surface area (Å²) in [4.78, 5) is 0. The zero-order valence-electron chi connectivity index (χ0n) is 14.0. The van der Waals surface area contributed by atoms with E-state index in [2.05, 4.69) is 26.3 Å². The van der Waals surface area contributed by atoms with Crippen molar-refractivity contribution in [2.24, 2.45) is 0 Å². The fraction of sp³-hybridized carbons (Fsp3) is 0.556. The van der Waals surface area contributed by atoms with Gasteiger partial charge < -0.3 is 28.8 Å². The molecule has 0 saturated carbocycles. The zero-order chi connectivity index (χ0) is 17.8. The lowest BCUT2D eigenvalue weighted by molar-refractivity contribution is -0.307. The maximum atomic E-state index is 10.3.